The average molecular weight is 466 g/mol. The molecule has 0 bridgehead atoms. The van der Waals surface area contributed by atoms with Crippen LogP contribution in [0.2, 0.25) is 5.02 Å². The summed E-state index contributed by atoms with van der Waals surface area (Å²) < 4.78 is 29.9. The van der Waals surface area contributed by atoms with Crippen molar-refractivity contribution in [1.82, 2.24) is 13.8 Å². The normalized spacial score (nSPS) is 15.6. The molecule has 1 aliphatic heterocycles. The van der Waals surface area contributed by atoms with Crippen molar-refractivity contribution < 1.29 is 13.2 Å². The van der Waals surface area contributed by atoms with Crippen LogP contribution in [-0.2, 0) is 16.6 Å². The Morgan fingerprint density at radius 2 is 1.80 bits per heavy atom. The second kappa shape index (κ2) is 8.14. The summed E-state index contributed by atoms with van der Waals surface area (Å²) in [4.78, 5) is 26.4. The molecule has 1 aromatic heterocycles. The van der Waals surface area contributed by atoms with E-state index in [1.165, 1.54) is 10.4 Å². The smallest absolute Gasteiger partial charge is 0.308 e. The number of carbonyl (C=O) groups excluding carboxylic acids is 1. The van der Waals surface area contributed by atoms with Gasteiger partial charge in [0.25, 0.3) is 5.91 Å². The van der Waals surface area contributed by atoms with Gasteiger partial charge >= 0.3 is 4.87 Å². The van der Waals surface area contributed by atoms with Crippen LogP contribution in [0, 0.1) is 0 Å². The SMILES string of the molecule is CCn1c(=O)sc2cc(S(=O)(=O)N3CCN(C(=O)c4ccccc4Cl)CC3)ccc21. The molecule has 2 aromatic carbocycles. The van der Waals surface area contributed by atoms with Crippen LogP contribution in [0.4, 0.5) is 0 Å². The number of hydrogen-bond acceptors (Lipinski definition) is 5. The summed E-state index contributed by atoms with van der Waals surface area (Å²) in [6.45, 7) is 3.37. The lowest BCUT2D eigenvalue weighted by Gasteiger charge is -2.34. The van der Waals surface area contributed by atoms with Crippen molar-refractivity contribution in [2.45, 2.75) is 18.4 Å². The van der Waals surface area contributed by atoms with Gasteiger partial charge < -0.3 is 4.90 Å². The summed E-state index contributed by atoms with van der Waals surface area (Å²) in [5.74, 6) is -0.204. The van der Waals surface area contributed by atoms with E-state index in [4.69, 9.17) is 11.6 Å². The van der Waals surface area contributed by atoms with Gasteiger partial charge in [0.05, 0.1) is 25.7 Å². The van der Waals surface area contributed by atoms with Gasteiger partial charge in [-0.1, -0.05) is 35.1 Å². The molecule has 0 N–H and O–H groups in total. The van der Waals surface area contributed by atoms with Gasteiger partial charge in [-0.25, -0.2) is 8.42 Å². The van der Waals surface area contributed by atoms with E-state index in [1.54, 1.807) is 45.9 Å². The van der Waals surface area contributed by atoms with Crippen LogP contribution >= 0.6 is 22.9 Å². The van der Waals surface area contributed by atoms with Gasteiger partial charge in [0, 0.05) is 32.7 Å². The number of carbonyl (C=O) groups is 1. The van der Waals surface area contributed by atoms with Crippen LogP contribution in [0.3, 0.4) is 0 Å². The third kappa shape index (κ3) is 3.66. The number of thiazole rings is 1. The maximum atomic E-state index is 13.1. The number of fused-ring (bicyclic) bond motifs is 1. The van der Waals surface area contributed by atoms with Crippen molar-refractivity contribution in [3.63, 3.8) is 0 Å². The first kappa shape index (κ1) is 21.0. The summed E-state index contributed by atoms with van der Waals surface area (Å²) in [5, 5.41) is 0.379. The molecule has 10 heteroatoms. The number of sulfonamides is 1. The van der Waals surface area contributed by atoms with Crippen LogP contribution in [0.15, 0.2) is 52.2 Å². The van der Waals surface area contributed by atoms with Crippen LogP contribution in [-0.4, -0.2) is 54.3 Å². The molecule has 0 unspecified atom stereocenters. The molecule has 7 nitrogen and oxygen atoms in total. The monoisotopic (exact) mass is 465 g/mol. The molecule has 2 heterocycles. The van der Waals surface area contributed by atoms with Gasteiger partial charge in [-0.15, -0.1) is 0 Å². The first-order valence-corrected chi connectivity index (χ1v) is 12.1. The maximum absolute atomic E-state index is 13.1. The first-order chi connectivity index (χ1) is 14.3. The van der Waals surface area contributed by atoms with Crippen molar-refractivity contribution in [3.05, 3.63) is 62.7 Å². The highest BCUT2D eigenvalue weighted by atomic mass is 35.5. The fourth-order valence-electron chi connectivity index (χ4n) is 3.59. The lowest BCUT2D eigenvalue weighted by molar-refractivity contribution is 0.0698. The Morgan fingerprint density at radius 1 is 1.10 bits per heavy atom. The van der Waals surface area contributed by atoms with E-state index in [1.807, 2.05) is 6.92 Å². The molecule has 1 aliphatic rings. The summed E-state index contributed by atoms with van der Waals surface area (Å²) >= 11 is 7.16. The zero-order chi connectivity index (χ0) is 21.5. The number of halogens is 1. The Labute approximate surface area is 183 Å². The number of hydrogen-bond donors (Lipinski definition) is 0. The Kier molecular flexibility index (Phi) is 5.71. The fraction of sp³-hybridized carbons (Fsp3) is 0.300. The van der Waals surface area contributed by atoms with E-state index in [0.717, 1.165) is 16.9 Å². The molecular weight excluding hydrogens is 446 g/mol. The number of benzene rings is 2. The van der Waals surface area contributed by atoms with Crippen LogP contribution in [0.1, 0.15) is 17.3 Å². The summed E-state index contributed by atoms with van der Waals surface area (Å²) in [6, 6.07) is 11.6. The lowest BCUT2D eigenvalue weighted by atomic mass is 10.2. The average Bonchev–Trinajstić information content (AvgIpc) is 3.07. The largest absolute Gasteiger partial charge is 0.336 e. The van der Waals surface area contributed by atoms with E-state index in [2.05, 4.69) is 0 Å². The number of amides is 1. The standard InChI is InChI=1S/C20H20ClN3O4S2/c1-2-24-17-8-7-14(13-18(17)29-20(24)26)30(27,28)23-11-9-22(10-12-23)19(25)15-5-3-4-6-16(15)21/h3-8,13H,2,9-12H2,1H3. The highest BCUT2D eigenvalue weighted by Gasteiger charge is 2.31. The lowest BCUT2D eigenvalue weighted by Crippen LogP contribution is -2.50. The van der Waals surface area contributed by atoms with Gasteiger partial charge in [-0.2, -0.15) is 4.31 Å². The Hall–Kier alpha value is -2.20. The number of aromatic nitrogens is 1. The Morgan fingerprint density at radius 3 is 2.47 bits per heavy atom. The van der Waals surface area contributed by atoms with Crippen LogP contribution in [0.5, 0.6) is 0 Å². The molecule has 1 fully saturated rings. The predicted octanol–water partition coefficient (Wildman–Crippen LogP) is 2.88. The van der Waals surface area contributed by atoms with Gasteiger partial charge in [0.2, 0.25) is 10.0 Å². The molecule has 1 amide bonds. The summed E-state index contributed by atoms with van der Waals surface area (Å²) in [5.41, 5.74) is 1.15. The predicted molar refractivity (Wildman–Crippen MR) is 118 cm³/mol. The Bertz CT molecular complexity index is 1270. The minimum atomic E-state index is -3.72. The highest BCUT2D eigenvalue weighted by Crippen LogP contribution is 2.25. The molecule has 0 atom stereocenters. The van der Waals surface area contributed by atoms with E-state index in [9.17, 15) is 18.0 Å². The number of rotatable bonds is 4. The summed E-state index contributed by atoms with van der Waals surface area (Å²) in [7, 11) is -3.72. The molecule has 4 rings (SSSR count). The second-order valence-electron chi connectivity index (χ2n) is 6.92. The molecule has 0 aliphatic carbocycles. The molecule has 0 spiro atoms. The Balaban J connectivity index is 1.53. The molecular formula is C20H20ClN3O4S2. The minimum absolute atomic E-state index is 0.103. The molecule has 1 saturated heterocycles. The van der Waals surface area contributed by atoms with E-state index >= 15 is 0 Å². The molecule has 0 radical (unpaired) electrons. The van der Waals surface area contributed by atoms with Crippen molar-refractivity contribution in [3.8, 4) is 0 Å². The van der Waals surface area contributed by atoms with E-state index in [-0.39, 0.29) is 41.9 Å². The molecule has 158 valence electrons. The highest BCUT2D eigenvalue weighted by molar-refractivity contribution is 7.89. The van der Waals surface area contributed by atoms with Gasteiger partial charge in [-0.05, 0) is 37.3 Å². The van der Waals surface area contributed by atoms with Crippen LogP contribution < -0.4 is 4.87 Å². The first-order valence-electron chi connectivity index (χ1n) is 9.50. The van der Waals surface area contributed by atoms with Crippen molar-refractivity contribution in [2.24, 2.45) is 0 Å². The van der Waals surface area contributed by atoms with Crippen LogP contribution in [0.25, 0.3) is 10.2 Å². The third-order valence-corrected chi connectivity index (χ3v) is 8.39. The van der Waals surface area contributed by atoms with Gasteiger partial charge in [0.1, 0.15) is 0 Å². The molecule has 30 heavy (non-hydrogen) atoms. The van der Waals surface area contributed by atoms with Crippen molar-refractivity contribution in [1.29, 1.82) is 0 Å². The minimum Gasteiger partial charge on any atom is -0.336 e. The number of nitrogens with zero attached hydrogens (tertiary/aromatic N) is 3. The molecule has 0 saturated carbocycles. The zero-order valence-corrected chi connectivity index (χ0v) is 18.6. The quantitative estimate of drug-likeness (QED) is 0.593. The number of aryl methyl sites for hydroxylation is 1. The third-order valence-electron chi connectivity index (χ3n) is 5.22. The van der Waals surface area contributed by atoms with Crippen molar-refractivity contribution in [2.75, 3.05) is 26.2 Å². The van der Waals surface area contributed by atoms with Gasteiger partial charge in [0.15, 0.2) is 0 Å². The second-order valence-corrected chi connectivity index (χ2v) is 10.3. The van der Waals surface area contributed by atoms with Gasteiger partial charge in [-0.3, -0.25) is 14.2 Å². The van der Waals surface area contributed by atoms with Crippen molar-refractivity contribution >= 4 is 49.1 Å². The topological polar surface area (TPSA) is 79.7 Å². The van der Waals surface area contributed by atoms with E-state index in [0.29, 0.717) is 21.8 Å². The van der Waals surface area contributed by atoms with E-state index < -0.39 is 10.0 Å². The number of piperazine rings is 1. The summed E-state index contributed by atoms with van der Waals surface area (Å²) in [6.07, 6.45) is 0. The fourth-order valence-corrected chi connectivity index (χ4v) is 6.33. The zero-order valence-electron chi connectivity index (χ0n) is 16.2. The molecule has 3 aromatic rings. The maximum Gasteiger partial charge on any atom is 0.308 e.